The Morgan fingerprint density at radius 2 is 2.00 bits per heavy atom. The molecule has 1 fully saturated rings. The van der Waals surface area contributed by atoms with Crippen LogP contribution in [0.4, 0.5) is 5.69 Å². The minimum atomic E-state index is -0.501. The van der Waals surface area contributed by atoms with Crippen LogP contribution in [0, 0.1) is 0 Å². The lowest BCUT2D eigenvalue weighted by molar-refractivity contribution is -0.124. The molecule has 1 aromatic carbocycles. The molecule has 0 radical (unpaired) electrons. The minimum Gasteiger partial charge on any atom is -0.394 e. The monoisotopic (exact) mass is 262 g/mol. The van der Waals surface area contributed by atoms with E-state index in [-0.39, 0.29) is 18.1 Å². The van der Waals surface area contributed by atoms with Crippen molar-refractivity contribution in [2.45, 2.75) is 38.8 Å². The summed E-state index contributed by atoms with van der Waals surface area (Å²) in [6.07, 6.45) is 0.985. The van der Waals surface area contributed by atoms with E-state index in [1.165, 1.54) is 5.56 Å². The second kappa shape index (κ2) is 5.31. The number of nitrogens with zero attached hydrogens (tertiary/aromatic N) is 1. The van der Waals surface area contributed by atoms with Gasteiger partial charge in [0.15, 0.2) is 0 Å². The Morgan fingerprint density at radius 1 is 1.37 bits per heavy atom. The summed E-state index contributed by atoms with van der Waals surface area (Å²) in [5, 5.41) is 12.4. The Bertz CT molecular complexity index is 454. The maximum Gasteiger partial charge on any atom is 0.247 e. The van der Waals surface area contributed by atoms with Gasteiger partial charge in [-0.2, -0.15) is 0 Å². The third-order valence-corrected chi connectivity index (χ3v) is 3.69. The predicted octanol–water partition coefficient (Wildman–Crippen LogP) is 1.32. The average molecular weight is 262 g/mol. The summed E-state index contributed by atoms with van der Waals surface area (Å²) in [6.45, 7) is 6.66. The van der Waals surface area contributed by atoms with Crippen LogP contribution in [0.5, 0.6) is 0 Å². The van der Waals surface area contributed by atoms with Crippen molar-refractivity contribution in [2.24, 2.45) is 0 Å². The number of benzene rings is 1. The number of piperazine rings is 1. The molecule has 0 saturated carbocycles. The molecule has 0 aliphatic carbocycles. The Morgan fingerprint density at radius 3 is 2.53 bits per heavy atom. The topological polar surface area (TPSA) is 52.6 Å². The molecule has 2 N–H and O–H groups in total. The van der Waals surface area contributed by atoms with Crippen LogP contribution in [0.15, 0.2) is 24.3 Å². The first-order valence-corrected chi connectivity index (χ1v) is 6.77. The van der Waals surface area contributed by atoms with E-state index in [0.717, 1.165) is 12.1 Å². The fraction of sp³-hybridized carbons (Fsp3) is 0.533. The van der Waals surface area contributed by atoms with Gasteiger partial charge >= 0.3 is 0 Å². The van der Waals surface area contributed by atoms with Crippen LogP contribution in [0.3, 0.4) is 0 Å². The predicted molar refractivity (Wildman–Crippen MR) is 76.3 cm³/mol. The van der Waals surface area contributed by atoms with Crippen LogP contribution >= 0.6 is 0 Å². The van der Waals surface area contributed by atoms with Crippen LogP contribution in [-0.4, -0.2) is 35.7 Å². The van der Waals surface area contributed by atoms with Gasteiger partial charge < -0.3 is 15.3 Å². The number of hydrogen-bond acceptors (Lipinski definition) is 3. The maximum atomic E-state index is 12.4. The summed E-state index contributed by atoms with van der Waals surface area (Å²) in [4.78, 5) is 14.2. The maximum absolute atomic E-state index is 12.4. The number of hydrogen-bond donors (Lipinski definition) is 2. The molecular formula is C15H22N2O2. The lowest BCUT2D eigenvalue weighted by atomic mass is 9.95. The number of anilines is 1. The van der Waals surface area contributed by atoms with Gasteiger partial charge in [0.05, 0.1) is 12.1 Å². The van der Waals surface area contributed by atoms with Crippen LogP contribution < -0.4 is 10.2 Å². The molecule has 1 heterocycles. The van der Waals surface area contributed by atoms with Gasteiger partial charge in [-0.1, -0.05) is 19.1 Å². The quantitative estimate of drug-likeness (QED) is 0.864. The standard InChI is InChI=1S/C15H22N2O2/c1-4-11-5-7-12(8-6-11)17-14(19)13(9-18)16-10-15(17,2)3/h5-8,13,16,18H,4,9-10H2,1-3H3. The number of nitrogens with one attached hydrogen (secondary N) is 1. The number of aliphatic hydroxyl groups excluding tert-OH is 1. The van der Waals surface area contributed by atoms with Crippen molar-refractivity contribution in [3.05, 3.63) is 29.8 Å². The summed E-state index contributed by atoms with van der Waals surface area (Å²) in [7, 11) is 0. The van der Waals surface area contributed by atoms with E-state index >= 15 is 0 Å². The summed E-state index contributed by atoms with van der Waals surface area (Å²) in [5.74, 6) is -0.0667. The molecule has 4 nitrogen and oxygen atoms in total. The van der Waals surface area contributed by atoms with Crippen molar-refractivity contribution in [2.75, 3.05) is 18.1 Å². The molecule has 1 unspecified atom stereocenters. The first kappa shape index (κ1) is 14.0. The SMILES string of the molecule is CCc1ccc(N2C(=O)C(CO)NCC2(C)C)cc1. The molecule has 104 valence electrons. The van der Waals surface area contributed by atoms with Crippen molar-refractivity contribution in [1.82, 2.24) is 5.32 Å². The molecule has 1 saturated heterocycles. The molecule has 4 heteroatoms. The van der Waals surface area contributed by atoms with E-state index < -0.39 is 6.04 Å². The Hall–Kier alpha value is -1.39. The molecule has 1 atom stereocenters. The molecule has 0 bridgehead atoms. The highest BCUT2D eigenvalue weighted by atomic mass is 16.3. The van der Waals surface area contributed by atoms with E-state index in [1.807, 2.05) is 26.0 Å². The summed E-state index contributed by atoms with van der Waals surface area (Å²) in [6, 6.07) is 7.57. The zero-order valence-corrected chi connectivity index (χ0v) is 11.8. The van der Waals surface area contributed by atoms with Gasteiger partial charge in [0, 0.05) is 12.2 Å². The number of rotatable bonds is 3. The first-order chi connectivity index (χ1) is 8.99. The molecule has 19 heavy (non-hydrogen) atoms. The summed E-state index contributed by atoms with van der Waals surface area (Å²) >= 11 is 0. The summed E-state index contributed by atoms with van der Waals surface area (Å²) < 4.78 is 0. The van der Waals surface area contributed by atoms with Gasteiger partial charge in [-0.05, 0) is 38.0 Å². The number of amides is 1. The molecule has 1 aliphatic rings. The van der Waals surface area contributed by atoms with Crippen LogP contribution in [0.2, 0.25) is 0 Å². The Balaban J connectivity index is 2.34. The van der Waals surface area contributed by atoms with E-state index in [9.17, 15) is 9.90 Å². The molecule has 2 rings (SSSR count). The molecular weight excluding hydrogens is 240 g/mol. The lowest BCUT2D eigenvalue weighted by Gasteiger charge is -2.45. The smallest absolute Gasteiger partial charge is 0.247 e. The van der Waals surface area contributed by atoms with E-state index in [2.05, 4.69) is 24.4 Å². The van der Waals surface area contributed by atoms with Crippen molar-refractivity contribution in [3.8, 4) is 0 Å². The fourth-order valence-corrected chi connectivity index (χ4v) is 2.49. The van der Waals surface area contributed by atoms with Crippen molar-refractivity contribution in [1.29, 1.82) is 0 Å². The van der Waals surface area contributed by atoms with Crippen molar-refractivity contribution < 1.29 is 9.90 Å². The van der Waals surface area contributed by atoms with Gasteiger partial charge in [-0.15, -0.1) is 0 Å². The van der Waals surface area contributed by atoms with Crippen LogP contribution in [0.1, 0.15) is 26.3 Å². The third kappa shape index (κ3) is 2.65. The number of carbonyl (C=O) groups is 1. The highest BCUT2D eigenvalue weighted by molar-refractivity contribution is 5.99. The van der Waals surface area contributed by atoms with Gasteiger partial charge in [0.1, 0.15) is 6.04 Å². The third-order valence-electron chi connectivity index (χ3n) is 3.69. The first-order valence-electron chi connectivity index (χ1n) is 6.77. The van der Waals surface area contributed by atoms with Crippen LogP contribution in [-0.2, 0) is 11.2 Å². The summed E-state index contributed by atoms with van der Waals surface area (Å²) in [5.41, 5.74) is 1.85. The molecule has 0 aromatic heterocycles. The Kier molecular flexibility index (Phi) is 3.92. The largest absolute Gasteiger partial charge is 0.394 e. The number of carbonyl (C=O) groups excluding carboxylic acids is 1. The molecule has 1 aromatic rings. The highest BCUT2D eigenvalue weighted by Gasteiger charge is 2.40. The normalized spacial score (nSPS) is 22.6. The van der Waals surface area contributed by atoms with E-state index in [0.29, 0.717) is 6.54 Å². The van der Waals surface area contributed by atoms with Gasteiger partial charge in [0.25, 0.3) is 0 Å². The Labute approximate surface area is 114 Å². The fourth-order valence-electron chi connectivity index (χ4n) is 2.49. The average Bonchev–Trinajstić information content (AvgIpc) is 2.39. The zero-order chi connectivity index (χ0) is 14.0. The van der Waals surface area contributed by atoms with E-state index in [4.69, 9.17) is 0 Å². The van der Waals surface area contributed by atoms with E-state index in [1.54, 1.807) is 4.90 Å². The second-order valence-corrected chi connectivity index (χ2v) is 5.62. The number of aliphatic hydroxyl groups is 1. The van der Waals surface area contributed by atoms with Crippen molar-refractivity contribution in [3.63, 3.8) is 0 Å². The van der Waals surface area contributed by atoms with Gasteiger partial charge in [0.2, 0.25) is 5.91 Å². The second-order valence-electron chi connectivity index (χ2n) is 5.62. The zero-order valence-electron chi connectivity index (χ0n) is 11.8. The highest BCUT2D eigenvalue weighted by Crippen LogP contribution is 2.27. The van der Waals surface area contributed by atoms with Crippen molar-refractivity contribution >= 4 is 11.6 Å². The van der Waals surface area contributed by atoms with Gasteiger partial charge in [-0.25, -0.2) is 0 Å². The molecule has 0 spiro atoms. The molecule has 1 amide bonds. The lowest BCUT2D eigenvalue weighted by Crippen LogP contribution is -2.66. The molecule has 1 aliphatic heterocycles. The minimum absolute atomic E-state index is 0.0667. The van der Waals surface area contributed by atoms with Crippen LogP contribution in [0.25, 0.3) is 0 Å². The van der Waals surface area contributed by atoms with Gasteiger partial charge in [-0.3, -0.25) is 4.79 Å². The number of aryl methyl sites for hydroxylation is 1.